The fourth-order valence-corrected chi connectivity index (χ4v) is 2.68. The van der Waals surface area contributed by atoms with Gasteiger partial charge in [-0.2, -0.15) is 0 Å². The molecule has 0 heterocycles. The van der Waals surface area contributed by atoms with Gasteiger partial charge in [0, 0.05) is 31.7 Å². The monoisotopic (exact) mass is 390 g/mol. The van der Waals surface area contributed by atoms with Crippen LogP contribution in [0.5, 0.6) is 0 Å². The Morgan fingerprint density at radius 1 is 1.00 bits per heavy atom. The normalized spacial score (nSPS) is 11.1. The van der Waals surface area contributed by atoms with Crippen LogP contribution >= 0.6 is 11.6 Å². The van der Waals surface area contributed by atoms with E-state index in [9.17, 15) is 9.18 Å². The lowest BCUT2D eigenvalue weighted by Crippen LogP contribution is -2.42. The quantitative estimate of drug-likeness (QED) is 0.368. The van der Waals surface area contributed by atoms with Crippen molar-refractivity contribution in [3.8, 4) is 0 Å². The highest BCUT2D eigenvalue weighted by Gasteiger charge is 2.03. The van der Waals surface area contributed by atoms with E-state index in [0.717, 1.165) is 29.1 Å². The van der Waals surface area contributed by atoms with Crippen molar-refractivity contribution < 1.29 is 9.18 Å². The van der Waals surface area contributed by atoms with E-state index in [1.165, 1.54) is 12.1 Å². The Kier molecular flexibility index (Phi) is 8.58. The molecule has 0 spiro atoms. The van der Waals surface area contributed by atoms with E-state index in [4.69, 9.17) is 11.6 Å². The highest BCUT2D eigenvalue weighted by atomic mass is 35.5. The fourth-order valence-electron chi connectivity index (χ4n) is 2.47. The lowest BCUT2D eigenvalue weighted by Gasteiger charge is -2.12. The van der Waals surface area contributed by atoms with Gasteiger partial charge in [-0.3, -0.25) is 9.79 Å². The average Bonchev–Trinajstić information content (AvgIpc) is 2.65. The first kappa shape index (κ1) is 20.7. The second-order valence-corrected chi connectivity index (χ2v) is 6.40. The van der Waals surface area contributed by atoms with Crippen LogP contribution in [0.2, 0.25) is 5.02 Å². The molecule has 0 saturated carbocycles. The molecule has 0 saturated heterocycles. The van der Waals surface area contributed by atoms with Crippen LogP contribution in [0.1, 0.15) is 11.1 Å². The van der Waals surface area contributed by atoms with E-state index in [1.807, 2.05) is 24.3 Å². The molecule has 0 aliphatic rings. The van der Waals surface area contributed by atoms with Crippen molar-refractivity contribution >= 4 is 23.5 Å². The summed E-state index contributed by atoms with van der Waals surface area (Å²) in [7, 11) is 1.70. The molecule has 0 aliphatic carbocycles. The summed E-state index contributed by atoms with van der Waals surface area (Å²) in [6.07, 6.45) is 1.06. The number of carbonyl (C=O) groups is 1. The number of rotatable bonds is 8. The van der Waals surface area contributed by atoms with Gasteiger partial charge in [0.05, 0.1) is 6.42 Å². The summed E-state index contributed by atoms with van der Waals surface area (Å²) in [5.74, 6) is 0.259. The number of hydrogen-bond donors (Lipinski definition) is 3. The van der Waals surface area contributed by atoms with Crippen LogP contribution in [0.4, 0.5) is 4.39 Å². The number of amides is 1. The maximum Gasteiger partial charge on any atom is 0.224 e. The number of nitrogens with one attached hydrogen (secondary N) is 3. The molecule has 144 valence electrons. The van der Waals surface area contributed by atoms with Gasteiger partial charge in [-0.15, -0.1) is 0 Å². The number of aliphatic imine (C=N–C) groups is 1. The van der Waals surface area contributed by atoms with Gasteiger partial charge in [0.25, 0.3) is 0 Å². The Labute approximate surface area is 164 Å². The van der Waals surface area contributed by atoms with Crippen molar-refractivity contribution in [2.45, 2.75) is 12.8 Å². The Morgan fingerprint density at radius 3 is 2.41 bits per heavy atom. The van der Waals surface area contributed by atoms with Crippen LogP contribution in [0, 0.1) is 5.82 Å². The van der Waals surface area contributed by atoms with Crippen molar-refractivity contribution in [2.24, 2.45) is 4.99 Å². The Morgan fingerprint density at radius 2 is 1.70 bits per heavy atom. The van der Waals surface area contributed by atoms with E-state index >= 15 is 0 Å². The van der Waals surface area contributed by atoms with Crippen LogP contribution in [-0.4, -0.2) is 38.5 Å². The lowest BCUT2D eigenvalue weighted by atomic mass is 10.1. The zero-order valence-corrected chi connectivity index (χ0v) is 16.0. The van der Waals surface area contributed by atoms with Crippen molar-refractivity contribution in [3.63, 3.8) is 0 Å². The molecule has 2 rings (SSSR count). The molecule has 1 amide bonds. The molecule has 2 aromatic carbocycles. The third-order valence-corrected chi connectivity index (χ3v) is 4.07. The van der Waals surface area contributed by atoms with Crippen LogP contribution < -0.4 is 16.0 Å². The number of guanidine groups is 1. The predicted octanol–water partition coefficient (Wildman–Crippen LogP) is 2.55. The van der Waals surface area contributed by atoms with Gasteiger partial charge in [0.15, 0.2) is 5.96 Å². The molecule has 3 N–H and O–H groups in total. The minimum atomic E-state index is -0.308. The van der Waals surface area contributed by atoms with Gasteiger partial charge < -0.3 is 16.0 Å². The molecule has 7 heteroatoms. The third kappa shape index (κ3) is 8.09. The number of benzene rings is 2. The smallest absolute Gasteiger partial charge is 0.224 e. The molecule has 2 aromatic rings. The van der Waals surface area contributed by atoms with Gasteiger partial charge in [0.1, 0.15) is 5.82 Å². The summed E-state index contributed by atoms with van der Waals surface area (Å²) < 4.78 is 12.9. The summed E-state index contributed by atoms with van der Waals surface area (Å²) in [4.78, 5) is 16.0. The maximum absolute atomic E-state index is 12.9. The minimum Gasteiger partial charge on any atom is -0.356 e. The first-order valence-corrected chi connectivity index (χ1v) is 9.14. The molecular formula is C20H24ClFN4O. The van der Waals surface area contributed by atoms with Gasteiger partial charge >= 0.3 is 0 Å². The maximum atomic E-state index is 12.9. The molecule has 0 aliphatic heterocycles. The molecule has 0 bridgehead atoms. The molecule has 0 atom stereocenters. The van der Waals surface area contributed by atoms with Gasteiger partial charge in [-0.1, -0.05) is 35.9 Å². The van der Waals surface area contributed by atoms with Crippen molar-refractivity contribution in [3.05, 3.63) is 70.5 Å². The van der Waals surface area contributed by atoms with Crippen LogP contribution in [0.25, 0.3) is 0 Å². The Bertz CT molecular complexity index is 765. The van der Waals surface area contributed by atoms with Gasteiger partial charge in [-0.05, 0) is 41.8 Å². The first-order valence-electron chi connectivity index (χ1n) is 8.77. The van der Waals surface area contributed by atoms with Crippen LogP contribution in [0.15, 0.2) is 53.5 Å². The van der Waals surface area contributed by atoms with E-state index in [1.54, 1.807) is 19.2 Å². The summed E-state index contributed by atoms with van der Waals surface area (Å²) in [6.45, 7) is 1.73. The first-order chi connectivity index (χ1) is 13.1. The summed E-state index contributed by atoms with van der Waals surface area (Å²) in [6, 6.07) is 13.7. The topological polar surface area (TPSA) is 65.5 Å². The zero-order valence-electron chi connectivity index (χ0n) is 15.3. The highest BCUT2D eigenvalue weighted by molar-refractivity contribution is 6.30. The zero-order chi connectivity index (χ0) is 19.5. The van der Waals surface area contributed by atoms with E-state index < -0.39 is 0 Å². The summed E-state index contributed by atoms with van der Waals surface area (Å²) in [5.41, 5.74) is 1.93. The molecule has 0 radical (unpaired) electrons. The molecule has 0 aromatic heterocycles. The lowest BCUT2D eigenvalue weighted by molar-refractivity contribution is -0.120. The number of nitrogens with zero attached hydrogens (tertiary/aromatic N) is 1. The molecule has 27 heavy (non-hydrogen) atoms. The predicted molar refractivity (Wildman–Crippen MR) is 108 cm³/mol. The summed E-state index contributed by atoms with van der Waals surface area (Å²) >= 11 is 5.97. The number of hydrogen-bond acceptors (Lipinski definition) is 2. The Balaban J connectivity index is 1.61. The van der Waals surface area contributed by atoms with Crippen LogP contribution in [-0.2, 0) is 17.6 Å². The standard InChI is InChI=1S/C20H24ClFN4O/c1-23-20(25-10-9-15-3-2-4-17(21)13-15)26-12-11-24-19(27)14-16-5-7-18(22)8-6-16/h2-8,13H,9-12,14H2,1H3,(H,24,27)(H2,23,25,26). The van der Waals surface area contributed by atoms with E-state index in [-0.39, 0.29) is 18.1 Å². The molecule has 0 unspecified atom stereocenters. The fraction of sp³-hybridized carbons (Fsp3) is 0.300. The third-order valence-electron chi connectivity index (χ3n) is 3.84. The van der Waals surface area contributed by atoms with Crippen LogP contribution in [0.3, 0.4) is 0 Å². The van der Waals surface area contributed by atoms with E-state index in [2.05, 4.69) is 20.9 Å². The number of carbonyl (C=O) groups excluding carboxylic acids is 1. The van der Waals surface area contributed by atoms with E-state index in [0.29, 0.717) is 19.0 Å². The van der Waals surface area contributed by atoms with Gasteiger partial charge in [0.2, 0.25) is 5.91 Å². The SMILES string of the molecule is CN=C(NCCNC(=O)Cc1ccc(F)cc1)NCCc1cccc(Cl)c1. The van der Waals surface area contributed by atoms with Crippen molar-refractivity contribution in [1.82, 2.24) is 16.0 Å². The second-order valence-electron chi connectivity index (χ2n) is 5.96. The molecular weight excluding hydrogens is 367 g/mol. The second kappa shape index (κ2) is 11.2. The van der Waals surface area contributed by atoms with Crippen molar-refractivity contribution in [2.75, 3.05) is 26.7 Å². The van der Waals surface area contributed by atoms with Gasteiger partial charge in [-0.25, -0.2) is 4.39 Å². The average molecular weight is 391 g/mol. The number of halogens is 2. The molecule has 0 fully saturated rings. The molecule has 5 nitrogen and oxygen atoms in total. The Hall–Kier alpha value is -2.60. The minimum absolute atomic E-state index is 0.104. The summed E-state index contributed by atoms with van der Waals surface area (Å²) in [5, 5.41) is 9.91. The largest absolute Gasteiger partial charge is 0.356 e. The van der Waals surface area contributed by atoms with Crippen molar-refractivity contribution in [1.29, 1.82) is 0 Å². The highest BCUT2D eigenvalue weighted by Crippen LogP contribution is 2.10.